The molecular formula is C24H30N4O2. The SMILES string of the molecule is CC(=O)N1[C@H](Cc2ccccc2)[C@@H]2C[C@@]3(C)[C@H](CCC[C@@H]13)N2C(=O)c1ccnn1C. The summed E-state index contributed by atoms with van der Waals surface area (Å²) in [5, 5.41) is 4.23. The largest absolute Gasteiger partial charge is 0.334 e. The minimum atomic E-state index is -0.0456. The monoisotopic (exact) mass is 406 g/mol. The quantitative estimate of drug-likeness (QED) is 0.787. The standard InChI is InChI=1S/C24H30N4O2/c1-16(29)27-19(14-17-8-5-4-6-9-17)20-15-24(2)21(27)10-7-11-22(24)28(20)23(30)18-12-13-25-26(18)3/h4-6,8-9,12-13,19-22H,7,10-11,14-15H2,1-3H3/t19-,20+,21-,22+,24-/m1/s1. The van der Waals surface area contributed by atoms with Crippen molar-refractivity contribution in [1.82, 2.24) is 19.6 Å². The van der Waals surface area contributed by atoms with E-state index in [-0.39, 0.29) is 41.4 Å². The first-order chi connectivity index (χ1) is 14.4. The zero-order chi connectivity index (χ0) is 21.0. The lowest BCUT2D eigenvalue weighted by atomic mass is 9.64. The minimum Gasteiger partial charge on any atom is -0.334 e. The summed E-state index contributed by atoms with van der Waals surface area (Å²) in [5.74, 6) is 0.185. The molecular weight excluding hydrogens is 376 g/mol. The lowest BCUT2D eigenvalue weighted by Crippen LogP contribution is -2.62. The van der Waals surface area contributed by atoms with Gasteiger partial charge < -0.3 is 9.80 Å². The molecule has 2 aliphatic heterocycles. The Kier molecular flexibility index (Phi) is 4.49. The van der Waals surface area contributed by atoms with Gasteiger partial charge in [-0.1, -0.05) is 37.3 Å². The van der Waals surface area contributed by atoms with Crippen LogP contribution in [-0.4, -0.2) is 55.6 Å². The number of hydrogen-bond acceptors (Lipinski definition) is 3. The summed E-state index contributed by atoms with van der Waals surface area (Å²) in [7, 11) is 1.82. The molecule has 5 atom stereocenters. The van der Waals surface area contributed by atoms with E-state index in [4.69, 9.17) is 0 Å². The summed E-state index contributed by atoms with van der Waals surface area (Å²) in [6.07, 6.45) is 6.51. The predicted molar refractivity (Wildman–Crippen MR) is 114 cm³/mol. The highest BCUT2D eigenvalue weighted by Crippen LogP contribution is 2.56. The van der Waals surface area contributed by atoms with Gasteiger partial charge in [0.05, 0.1) is 12.1 Å². The zero-order valence-electron chi connectivity index (χ0n) is 18.0. The molecule has 3 aliphatic rings. The molecule has 1 aliphatic carbocycles. The highest BCUT2D eigenvalue weighted by atomic mass is 16.2. The number of aryl methyl sites for hydroxylation is 1. The molecule has 6 nitrogen and oxygen atoms in total. The Balaban J connectivity index is 1.60. The summed E-state index contributed by atoms with van der Waals surface area (Å²) in [5.41, 5.74) is 1.79. The van der Waals surface area contributed by atoms with Crippen molar-refractivity contribution in [3.8, 4) is 0 Å². The maximum atomic E-state index is 13.7. The third-order valence-electron chi connectivity index (χ3n) is 7.88. The van der Waals surface area contributed by atoms with Gasteiger partial charge in [0.15, 0.2) is 0 Å². The first-order valence-electron chi connectivity index (χ1n) is 11.1. The van der Waals surface area contributed by atoms with Crippen LogP contribution in [-0.2, 0) is 18.3 Å². The number of carbonyl (C=O) groups excluding carboxylic acids is 2. The average molecular weight is 407 g/mol. The van der Waals surface area contributed by atoms with Crippen LogP contribution in [0, 0.1) is 5.41 Å². The Hall–Kier alpha value is -2.63. The summed E-state index contributed by atoms with van der Waals surface area (Å²) < 4.78 is 1.67. The lowest BCUT2D eigenvalue weighted by Gasteiger charge is -2.52. The normalized spacial score (nSPS) is 32.4. The van der Waals surface area contributed by atoms with Gasteiger partial charge in [-0.3, -0.25) is 14.3 Å². The van der Waals surface area contributed by atoms with Crippen LogP contribution in [0.2, 0.25) is 0 Å². The van der Waals surface area contributed by atoms with Gasteiger partial charge in [-0.25, -0.2) is 0 Å². The van der Waals surface area contributed by atoms with Crippen LogP contribution in [0.1, 0.15) is 55.6 Å². The molecule has 5 rings (SSSR count). The number of hydrogen-bond donors (Lipinski definition) is 0. The highest BCUT2D eigenvalue weighted by Gasteiger charge is 2.64. The van der Waals surface area contributed by atoms with Gasteiger partial charge in [0, 0.05) is 37.7 Å². The van der Waals surface area contributed by atoms with Crippen LogP contribution < -0.4 is 0 Å². The molecule has 1 aromatic carbocycles. The number of amides is 2. The molecule has 0 unspecified atom stereocenters. The van der Waals surface area contributed by atoms with Gasteiger partial charge in [0.1, 0.15) is 5.69 Å². The molecule has 2 bridgehead atoms. The first-order valence-corrected chi connectivity index (χ1v) is 11.1. The second-order valence-corrected chi connectivity index (χ2v) is 9.48. The number of benzene rings is 1. The molecule has 2 aromatic rings. The van der Waals surface area contributed by atoms with Crippen molar-refractivity contribution in [2.45, 2.75) is 70.1 Å². The van der Waals surface area contributed by atoms with Crippen molar-refractivity contribution < 1.29 is 9.59 Å². The molecule has 6 heteroatoms. The summed E-state index contributed by atoms with van der Waals surface area (Å²) in [4.78, 5) is 31.0. The van der Waals surface area contributed by atoms with E-state index < -0.39 is 0 Å². The van der Waals surface area contributed by atoms with E-state index in [1.807, 2.05) is 31.3 Å². The molecule has 0 spiro atoms. The molecule has 3 heterocycles. The second kappa shape index (κ2) is 6.96. The fourth-order valence-corrected chi connectivity index (χ4v) is 6.64. The van der Waals surface area contributed by atoms with Crippen molar-refractivity contribution in [2.24, 2.45) is 12.5 Å². The number of likely N-dealkylation sites (tertiary alicyclic amines) is 2. The molecule has 3 fully saturated rings. The second-order valence-electron chi connectivity index (χ2n) is 9.48. The van der Waals surface area contributed by atoms with E-state index in [1.54, 1.807) is 17.8 Å². The Morgan fingerprint density at radius 2 is 1.80 bits per heavy atom. The predicted octanol–water partition coefficient (Wildman–Crippen LogP) is 3.04. The number of rotatable bonds is 3. The van der Waals surface area contributed by atoms with Crippen LogP contribution in [0.4, 0.5) is 0 Å². The smallest absolute Gasteiger partial charge is 0.272 e. The van der Waals surface area contributed by atoms with Crippen molar-refractivity contribution >= 4 is 11.8 Å². The number of nitrogens with zero attached hydrogens (tertiary/aromatic N) is 4. The fraction of sp³-hybridized carbons (Fsp3) is 0.542. The topological polar surface area (TPSA) is 58.4 Å². The zero-order valence-corrected chi connectivity index (χ0v) is 18.0. The molecule has 158 valence electrons. The minimum absolute atomic E-state index is 0.00301. The maximum Gasteiger partial charge on any atom is 0.272 e. The van der Waals surface area contributed by atoms with Crippen molar-refractivity contribution in [2.75, 3.05) is 0 Å². The van der Waals surface area contributed by atoms with Gasteiger partial charge >= 0.3 is 0 Å². The third-order valence-corrected chi connectivity index (χ3v) is 7.88. The Morgan fingerprint density at radius 3 is 2.43 bits per heavy atom. The number of aromatic nitrogens is 2. The highest BCUT2D eigenvalue weighted by molar-refractivity contribution is 5.93. The number of carbonyl (C=O) groups is 2. The van der Waals surface area contributed by atoms with E-state index in [0.717, 1.165) is 32.1 Å². The van der Waals surface area contributed by atoms with E-state index in [2.05, 4.69) is 34.0 Å². The number of fused-ring (bicyclic) bond motifs is 1. The van der Waals surface area contributed by atoms with E-state index in [9.17, 15) is 9.59 Å². The average Bonchev–Trinajstić information content (AvgIpc) is 3.28. The Labute approximate surface area is 177 Å². The van der Waals surface area contributed by atoms with Gasteiger partial charge in [-0.15, -0.1) is 0 Å². The Bertz CT molecular complexity index is 971. The first kappa shape index (κ1) is 19.3. The summed E-state index contributed by atoms with van der Waals surface area (Å²) in [6.45, 7) is 4.00. The van der Waals surface area contributed by atoms with E-state index in [1.165, 1.54) is 5.56 Å². The lowest BCUT2D eigenvalue weighted by molar-refractivity contribution is -0.142. The maximum absolute atomic E-state index is 13.7. The molecule has 0 N–H and O–H groups in total. The van der Waals surface area contributed by atoms with Crippen LogP contribution in [0.5, 0.6) is 0 Å². The van der Waals surface area contributed by atoms with Crippen molar-refractivity contribution in [3.05, 3.63) is 53.9 Å². The van der Waals surface area contributed by atoms with Gasteiger partial charge in [-0.2, -0.15) is 5.10 Å². The fourth-order valence-electron chi connectivity index (χ4n) is 6.64. The molecule has 30 heavy (non-hydrogen) atoms. The van der Waals surface area contributed by atoms with Crippen LogP contribution >= 0.6 is 0 Å². The van der Waals surface area contributed by atoms with E-state index in [0.29, 0.717) is 5.69 Å². The van der Waals surface area contributed by atoms with Crippen molar-refractivity contribution in [3.63, 3.8) is 0 Å². The number of piperidine rings is 1. The van der Waals surface area contributed by atoms with Crippen molar-refractivity contribution in [1.29, 1.82) is 0 Å². The molecule has 1 saturated carbocycles. The molecule has 2 amide bonds. The van der Waals surface area contributed by atoms with Crippen LogP contribution in [0.15, 0.2) is 42.6 Å². The van der Waals surface area contributed by atoms with Crippen LogP contribution in [0.3, 0.4) is 0 Å². The molecule has 1 aromatic heterocycles. The van der Waals surface area contributed by atoms with E-state index >= 15 is 0 Å². The van der Waals surface area contributed by atoms with Gasteiger partial charge in [0.25, 0.3) is 5.91 Å². The molecule has 0 radical (unpaired) electrons. The van der Waals surface area contributed by atoms with Gasteiger partial charge in [0.2, 0.25) is 5.91 Å². The summed E-state index contributed by atoms with van der Waals surface area (Å²) in [6, 6.07) is 12.6. The summed E-state index contributed by atoms with van der Waals surface area (Å²) >= 11 is 0. The molecule has 2 saturated heterocycles. The Morgan fingerprint density at radius 1 is 1.10 bits per heavy atom. The third kappa shape index (κ3) is 2.72. The van der Waals surface area contributed by atoms with Crippen LogP contribution in [0.25, 0.3) is 0 Å². The van der Waals surface area contributed by atoms with Gasteiger partial charge in [-0.05, 0) is 43.7 Å².